The highest BCUT2D eigenvalue weighted by molar-refractivity contribution is 14.1. The lowest BCUT2D eigenvalue weighted by atomic mass is 10.1. The summed E-state index contributed by atoms with van der Waals surface area (Å²) < 4.78 is 6.74. The molecule has 2 aliphatic rings. The molecule has 1 atom stereocenters. The number of ether oxygens (including phenoxy) is 1. The lowest BCUT2D eigenvalue weighted by molar-refractivity contribution is -0.0117. The Morgan fingerprint density at radius 1 is 1.29 bits per heavy atom. The van der Waals surface area contributed by atoms with Crippen LogP contribution in [0, 0.1) is 3.57 Å². The predicted molar refractivity (Wildman–Crippen MR) is 75.3 cm³/mol. The number of hydrogen-bond donors (Lipinski definition) is 0. The molecule has 0 aromatic carbocycles. The average molecular weight is 345 g/mol. The van der Waals surface area contributed by atoms with E-state index in [0.29, 0.717) is 6.04 Å². The summed E-state index contributed by atoms with van der Waals surface area (Å²) in [5.74, 6) is 1.09. The number of hydrogen-bond acceptors (Lipinski definition) is 4. The van der Waals surface area contributed by atoms with Crippen molar-refractivity contribution in [1.82, 2.24) is 9.88 Å². The summed E-state index contributed by atoms with van der Waals surface area (Å²) in [7, 11) is 0. The minimum absolute atomic E-state index is 0.540. The number of nitrogens with zero attached hydrogens (tertiary/aromatic N) is 3. The third-order valence-electron chi connectivity index (χ3n) is 3.47. The Hall–Kier alpha value is -0.400. The van der Waals surface area contributed by atoms with Crippen molar-refractivity contribution in [1.29, 1.82) is 0 Å². The van der Waals surface area contributed by atoms with Crippen molar-refractivity contribution in [2.24, 2.45) is 0 Å². The van der Waals surface area contributed by atoms with Crippen LogP contribution in [0.3, 0.4) is 0 Å². The van der Waals surface area contributed by atoms with Gasteiger partial charge < -0.3 is 9.64 Å². The van der Waals surface area contributed by atoms with E-state index in [1.54, 1.807) is 0 Å². The largest absolute Gasteiger partial charge is 0.378 e. The van der Waals surface area contributed by atoms with E-state index in [0.717, 1.165) is 45.2 Å². The molecule has 3 heterocycles. The fourth-order valence-corrected chi connectivity index (χ4v) is 2.83. The van der Waals surface area contributed by atoms with Gasteiger partial charge in [0.2, 0.25) is 0 Å². The minimum atomic E-state index is 0.540. The monoisotopic (exact) mass is 345 g/mol. The third kappa shape index (κ3) is 2.56. The van der Waals surface area contributed by atoms with Gasteiger partial charge in [-0.1, -0.05) is 0 Å². The summed E-state index contributed by atoms with van der Waals surface area (Å²) in [6, 6.07) is 4.77. The molecule has 92 valence electrons. The van der Waals surface area contributed by atoms with Gasteiger partial charge in [-0.25, -0.2) is 4.98 Å². The van der Waals surface area contributed by atoms with Crippen molar-refractivity contribution < 1.29 is 4.74 Å². The van der Waals surface area contributed by atoms with E-state index in [1.807, 2.05) is 6.20 Å². The Morgan fingerprint density at radius 2 is 2.24 bits per heavy atom. The van der Waals surface area contributed by atoms with Crippen LogP contribution in [-0.2, 0) is 4.74 Å². The molecule has 17 heavy (non-hydrogen) atoms. The molecule has 1 aromatic heterocycles. The first kappa shape index (κ1) is 11.7. The first-order valence-electron chi connectivity index (χ1n) is 6.01. The summed E-state index contributed by atoms with van der Waals surface area (Å²) in [6.45, 7) is 6.07. The molecule has 2 fully saturated rings. The van der Waals surface area contributed by atoms with Gasteiger partial charge in [-0.3, -0.25) is 4.90 Å². The number of anilines is 1. The molecule has 3 rings (SSSR count). The van der Waals surface area contributed by atoms with Crippen LogP contribution in [0.4, 0.5) is 5.82 Å². The van der Waals surface area contributed by atoms with Crippen LogP contribution in [0.5, 0.6) is 0 Å². The molecule has 2 aliphatic heterocycles. The van der Waals surface area contributed by atoms with Gasteiger partial charge in [0, 0.05) is 35.9 Å². The van der Waals surface area contributed by atoms with Gasteiger partial charge in [0.1, 0.15) is 5.82 Å². The summed E-state index contributed by atoms with van der Waals surface area (Å²) in [6.07, 6.45) is 1.93. The van der Waals surface area contributed by atoms with Crippen LogP contribution in [-0.4, -0.2) is 55.3 Å². The van der Waals surface area contributed by atoms with E-state index in [9.17, 15) is 0 Å². The normalized spacial score (nSPS) is 25.7. The molecule has 0 radical (unpaired) electrons. The fraction of sp³-hybridized carbons (Fsp3) is 0.583. The lowest BCUT2D eigenvalue weighted by Gasteiger charge is -2.44. The number of piperazine rings is 1. The van der Waals surface area contributed by atoms with Gasteiger partial charge in [0.25, 0.3) is 0 Å². The highest BCUT2D eigenvalue weighted by Crippen LogP contribution is 2.19. The van der Waals surface area contributed by atoms with Gasteiger partial charge in [0.15, 0.2) is 0 Å². The zero-order valence-corrected chi connectivity index (χ0v) is 11.8. The van der Waals surface area contributed by atoms with Gasteiger partial charge in [-0.2, -0.15) is 0 Å². The van der Waals surface area contributed by atoms with E-state index in [1.165, 1.54) is 3.57 Å². The second kappa shape index (κ2) is 5.07. The zero-order valence-electron chi connectivity index (χ0n) is 9.68. The van der Waals surface area contributed by atoms with Crippen LogP contribution >= 0.6 is 22.6 Å². The summed E-state index contributed by atoms with van der Waals surface area (Å²) >= 11 is 2.29. The van der Waals surface area contributed by atoms with Gasteiger partial charge in [-0.15, -0.1) is 0 Å². The van der Waals surface area contributed by atoms with Crippen molar-refractivity contribution >= 4 is 28.4 Å². The van der Waals surface area contributed by atoms with E-state index in [2.05, 4.69) is 49.5 Å². The maximum atomic E-state index is 5.55. The molecule has 1 aromatic rings. The van der Waals surface area contributed by atoms with Crippen LogP contribution in [0.25, 0.3) is 0 Å². The summed E-state index contributed by atoms with van der Waals surface area (Å²) in [5, 5.41) is 0. The minimum Gasteiger partial charge on any atom is -0.378 e. The number of fused-ring (bicyclic) bond motifs is 1. The van der Waals surface area contributed by atoms with E-state index < -0.39 is 0 Å². The van der Waals surface area contributed by atoms with Crippen LogP contribution in [0.2, 0.25) is 0 Å². The molecule has 4 nitrogen and oxygen atoms in total. The van der Waals surface area contributed by atoms with Crippen molar-refractivity contribution in [2.75, 3.05) is 44.3 Å². The molecule has 0 saturated carbocycles. The number of aromatic nitrogens is 1. The standard InChI is InChI=1S/C12H16IN3O/c13-10-1-2-12(14-7-10)16-4-3-15-5-6-17-9-11(15)8-16/h1-2,7,11H,3-6,8-9H2/t11-/m1/s1. The molecule has 0 N–H and O–H groups in total. The maximum absolute atomic E-state index is 5.55. The van der Waals surface area contributed by atoms with E-state index in [-0.39, 0.29) is 0 Å². The fourth-order valence-electron chi connectivity index (χ4n) is 2.51. The predicted octanol–water partition coefficient (Wildman–Crippen LogP) is 1.21. The highest BCUT2D eigenvalue weighted by Gasteiger charge is 2.29. The first-order chi connectivity index (χ1) is 8.33. The van der Waals surface area contributed by atoms with E-state index >= 15 is 0 Å². The molecule has 5 heteroatoms. The Bertz CT molecular complexity index is 384. The number of morpholine rings is 1. The lowest BCUT2D eigenvalue weighted by Crippen LogP contribution is -2.58. The second-order valence-corrected chi connectivity index (χ2v) is 5.79. The molecular weight excluding hydrogens is 329 g/mol. The van der Waals surface area contributed by atoms with Crippen molar-refractivity contribution in [2.45, 2.75) is 6.04 Å². The van der Waals surface area contributed by atoms with Gasteiger partial charge in [0.05, 0.1) is 19.3 Å². The highest BCUT2D eigenvalue weighted by atomic mass is 127. The molecule has 0 unspecified atom stereocenters. The Balaban J connectivity index is 1.71. The van der Waals surface area contributed by atoms with Gasteiger partial charge >= 0.3 is 0 Å². The molecule has 0 bridgehead atoms. The first-order valence-corrected chi connectivity index (χ1v) is 7.09. The number of pyridine rings is 1. The summed E-state index contributed by atoms with van der Waals surface area (Å²) in [4.78, 5) is 9.40. The molecule has 2 saturated heterocycles. The molecule has 0 aliphatic carbocycles. The third-order valence-corrected chi connectivity index (χ3v) is 4.11. The van der Waals surface area contributed by atoms with Crippen LogP contribution < -0.4 is 4.90 Å². The van der Waals surface area contributed by atoms with Crippen molar-refractivity contribution in [3.63, 3.8) is 0 Å². The van der Waals surface area contributed by atoms with E-state index in [4.69, 9.17) is 4.74 Å². The van der Waals surface area contributed by atoms with Crippen molar-refractivity contribution in [3.8, 4) is 0 Å². The molecule has 0 spiro atoms. The van der Waals surface area contributed by atoms with Crippen LogP contribution in [0.1, 0.15) is 0 Å². The number of rotatable bonds is 1. The number of halogens is 1. The topological polar surface area (TPSA) is 28.6 Å². The maximum Gasteiger partial charge on any atom is 0.128 e. The second-order valence-electron chi connectivity index (χ2n) is 4.55. The van der Waals surface area contributed by atoms with Crippen LogP contribution in [0.15, 0.2) is 18.3 Å². The quantitative estimate of drug-likeness (QED) is 0.716. The Labute approximate surface area is 115 Å². The molecule has 0 amide bonds. The molecular formula is C12H16IN3O. The zero-order chi connectivity index (χ0) is 11.7. The van der Waals surface area contributed by atoms with Gasteiger partial charge in [-0.05, 0) is 34.7 Å². The SMILES string of the molecule is Ic1ccc(N2CCN3CCOC[C@H]3C2)nc1. The Morgan fingerprint density at radius 3 is 3.06 bits per heavy atom. The smallest absolute Gasteiger partial charge is 0.128 e. The average Bonchev–Trinajstić information content (AvgIpc) is 2.39. The summed E-state index contributed by atoms with van der Waals surface area (Å²) in [5.41, 5.74) is 0. The Kier molecular flexibility index (Phi) is 3.49. The van der Waals surface area contributed by atoms with Crippen molar-refractivity contribution in [3.05, 3.63) is 21.9 Å².